The van der Waals surface area contributed by atoms with E-state index in [2.05, 4.69) is 21.1 Å². The van der Waals surface area contributed by atoms with Crippen molar-refractivity contribution in [1.29, 1.82) is 0 Å². The molecular weight excluding hydrogens is 330 g/mol. The lowest BCUT2D eigenvalue weighted by Gasteiger charge is -2.15. The highest BCUT2D eigenvalue weighted by molar-refractivity contribution is 9.10. The first-order chi connectivity index (χ1) is 9.38. The van der Waals surface area contributed by atoms with Gasteiger partial charge in [0.25, 0.3) is 0 Å². The van der Waals surface area contributed by atoms with Crippen molar-refractivity contribution in [3.05, 3.63) is 27.4 Å². The average molecular weight is 342 g/mol. The number of hydrogen-bond acceptors (Lipinski definition) is 5. The van der Waals surface area contributed by atoms with Crippen molar-refractivity contribution >= 4 is 21.9 Å². The minimum Gasteiger partial charge on any atom is -0.504 e. The second-order valence-electron chi connectivity index (χ2n) is 4.20. The van der Waals surface area contributed by atoms with Gasteiger partial charge in [-0.25, -0.2) is 4.79 Å². The number of carbonyl (C=O) groups is 1. The van der Waals surface area contributed by atoms with E-state index in [1.807, 2.05) is 0 Å². The van der Waals surface area contributed by atoms with E-state index in [4.69, 9.17) is 14.4 Å². The van der Waals surface area contributed by atoms with Crippen LogP contribution in [0.1, 0.15) is 21.7 Å². The van der Waals surface area contributed by atoms with Crippen LogP contribution in [0.4, 0.5) is 0 Å². The molecule has 0 unspecified atom stereocenters. The summed E-state index contributed by atoms with van der Waals surface area (Å²) in [5.74, 6) is -1.32. The first-order valence-electron chi connectivity index (χ1n) is 5.64. The Labute approximate surface area is 123 Å². The largest absolute Gasteiger partial charge is 0.504 e. The van der Waals surface area contributed by atoms with Crippen LogP contribution in [0.5, 0.6) is 11.5 Å². The molecule has 0 spiro atoms. The van der Waals surface area contributed by atoms with Gasteiger partial charge in [0.15, 0.2) is 11.5 Å². The number of methoxy groups -OCH3 is 1. The zero-order valence-electron chi connectivity index (χ0n) is 11.0. The standard InChI is InChI=1S/C13H12BrNO5/c1-5-9(7-4-8(13(17)18)20-15-7)11(16)12(19-3)6(2)10(5)14/h4,16H,1-3H3,(H,17,18). The van der Waals surface area contributed by atoms with E-state index in [0.717, 1.165) is 10.0 Å². The van der Waals surface area contributed by atoms with E-state index >= 15 is 0 Å². The number of halogens is 1. The van der Waals surface area contributed by atoms with Crippen LogP contribution in [0.25, 0.3) is 11.3 Å². The van der Waals surface area contributed by atoms with Gasteiger partial charge in [-0.3, -0.25) is 0 Å². The average Bonchev–Trinajstić information content (AvgIpc) is 2.87. The van der Waals surface area contributed by atoms with Crippen LogP contribution in [-0.4, -0.2) is 28.4 Å². The van der Waals surface area contributed by atoms with Gasteiger partial charge >= 0.3 is 5.97 Å². The molecule has 106 valence electrons. The monoisotopic (exact) mass is 341 g/mol. The Bertz CT molecular complexity index is 693. The highest BCUT2D eigenvalue weighted by Gasteiger charge is 2.23. The molecule has 1 aromatic carbocycles. The number of aromatic carboxylic acids is 1. The number of benzene rings is 1. The quantitative estimate of drug-likeness (QED) is 0.890. The number of ether oxygens (including phenoxy) is 1. The maximum atomic E-state index is 10.8. The number of aromatic nitrogens is 1. The van der Waals surface area contributed by atoms with E-state index in [9.17, 15) is 9.90 Å². The molecule has 20 heavy (non-hydrogen) atoms. The molecule has 0 saturated carbocycles. The Morgan fingerprint density at radius 3 is 2.55 bits per heavy atom. The van der Waals surface area contributed by atoms with Crippen LogP contribution >= 0.6 is 15.9 Å². The van der Waals surface area contributed by atoms with E-state index < -0.39 is 5.97 Å². The molecule has 0 fully saturated rings. The minimum atomic E-state index is -1.22. The molecule has 0 aliphatic carbocycles. The normalized spacial score (nSPS) is 10.6. The lowest BCUT2D eigenvalue weighted by molar-refractivity contribution is 0.0652. The van der Waals surface area contributed by atoms with Crippen molar-refractivity contribution in [2.24, 2.45) is 0 Å². The third-order valence-corrected chi connectivity index (χ3v) is 4.20. The molecule has 2 N–H and O–H groups in total. The molecule has 0 saturated heterocycles. The van der Waals surface area contributed by atoms with Crippen LogP contribution in [0.3, 0.4) is 0 Å². The molecule has 0 aliphatic heterocycles. The Hall–Kier alpha value is -2.02. The second kappa shape index (κ2) is 5.16. The van der Waals surface area contributed by atoms with Gasteiger partial charge < -0.3 is 19.5 Å². The number of aromatic hydroxyl groups is 1. The van der Waals surface area contributed by atoms with Gasteiger partial charge in [-0.1, -0.05) is 21.1 Å². The summed E-state index contributed by atoms with van der Waals surface area (Å²) in [6, 6.07) is 1.26. The van der Waals surface area contributed by atoms with Gasteiger partial charge in [0.1, 0.15) is 5.69 Å². The first-order valence-corrected chi connectivity index (χ1v) is 6.43. The summed E-state index contributed by atoms with van der Waals surface area (Å²) in [5.41, 5.74) is 2.06. The topological polar surface area (TPSA) is 92.8 Å². The lowest BCUT2D eigenvalue weighted by Crippen LogP contribution is -1.96. The summed E-state index contributed by atoms with van der Waals surface area (Å²) in [6.07, 6.45) is 0. The Morgan fingerprint density at radius 1 is 1.40 bits per heavy atom. The summed E-state index contributed by atoms with van der Waals surface area (Å²) >= 11 is 3.42. The third kappa shape index (κ3) is 2.14. The lowest BCUT2D eigenvalue weighted by atomic mass is 10.00. The van der Waals surface area contributed by atoms with E-state index in [1.54, 1.807) is 13.8 Å². The van der Waals surface area contributed by atoms with Crippen molar-refractivity contribution < 1.29 is 24.3 Å². The van der Waals surface area contributed by atoms with E-state index in [0.29, 0.717) is 16.9 Å². The Morgan fingerprint density at radius 2 is 2.05 bits per heavy atom. The van der Waals surface area contributed by atoms with Crippen molar-refractivity contribution in [2.75, 3.05) is 7.11 Å². The number of phenolic OH excluding ortho intramolecular Hbond substituents is 1. The van der Waals surface area contributed by atoms with Crippen molar-refractivity contribution in [1.82, 2.24) is 5.16 Å². The molecule has 1 aromatic heterocycles. The minimum absolute atomic E-state index is 0.101. The highest BCUT2D eigenvalue weighted by atomic mass is 79.9. The van der Waals surface area contributed by atoms with Crippen LogP contribution < -0.4 is 4.74 Å². The number of carboxylic acid groups (broad SMARTS) is 1. The molecule has 1 heterocycles. The third-order valence-electron chi connectivity index (χ3n) is 3.01. The smallest absolute Gasteiger partial charge is 0.374 e. The fourth-order valence-electron chi connectivity index (χ4n) is 2.02. The zero-order valence-corrected chi connectivity index (χ0v) is 12.6. The number of carboxylic acids is 1. The Kier molecular flexibility index (Phi) is 3.71. The highest BCUT2D eigenvalue weighted by Crippen LogP contribution is 2.45. The number of nitrogens with zero attached hydrogens (tertiary/aromatic N) is 1. The van der Waals surface area contributed by atoms with E-state index in [1.165, 1.54) is 13.2 Å². The van der Waals surface area contributed by atoms with Crippen molar-refractivity contribution in [3.63, 3.8) is 0 Å². The summed E-state index contributed by atoms with van der Waals surface area (Å²) in [6.45, 7) is 3.57. The summed E-state index contributed by atoms with van der Waals surface area (Å²) in [5, 5.41) is 22.8. The van der Waals surface area contributed by atoms with Gasteiger partial charge in [-0.2, -0.15) is 0 Å². The molecule has 0 atom stereocenters. The van der Waals surface area contributed by atoms with Crippen molar-refractivity contribution in [3.8, 4) is 22.8 Å². The summed E-state index contributed by atoms with van der Waals surface area (Å²) in [4.78, 5) is 10.8. The fraction of sp³-hybridized carbons (Fsp3) is 0.231. The van der Waals surface area contributed by atoms with Gasteiger partial charge in [-0.05, 0) is 19.4 Å². The van der Waals surface area contributed by atoms with Crippen molar-refractivity contribution in [2.45, 2.75) is 13.8 Å². The molecule has 0 aliphatic rings. The molecule has 6 nitrogen and oxygen atoms in total. The van der Waals surface area contributed by atoms with Crippen LogP contribution in [-0.2, 0) is 0 Å². The maximum Gasteiger partial charge on any atom is 0.374 e. The van der Waals surface area contributed by atoms with E-state index in [-0.39, 0.29) is 17.2 Å². The number of rotatable bonds is 3. The van der Waals surface area contributed by atoms with Gasteiger partial charge in [0, 0.05) is 16.1 Å². The molecule has 2 aromatic rings. The van der Waals surface area contributed by atoms with Gasteiger partial charge in [0.05, 0.1) is 12.7 Å². The first kappa shape index (κ1) is 14.4. The SMILES string of the molecule is COc1c(C)c(Br)c(C)c(-c2cc(C(=O)O)on2)c1O. The van der Waals surface area contributed by atoms with Crippen LogP contribution in [0.2, 0.25) is 0 Å². The van der Waals surface area contributed by atoms with Gasteiger partial charge in [0.2, 0.25) is 5.76 Å². The van der Waals surface area contributed by atoms with Crippen LogP contribution in [0, 0.1) is 13.8 Å². The number of hydrogen-bond donors (Lipinski definition) is 2. The van der Waals surface area contributed by atoms with Crippen LogP contribution in [0.15, 0.2) is 15.1 Å². The zero-order chi connectivity index (χ0) is 15.0. The summed E-state index contributed by atoms with van der Waals surface area (Å²) in [7, 11) is 1.44. The molecule has 2 rings (SSSR count). The molecule has 7 heteroatoms. The van der Waals surface area contributed by atoms with Gasteiger partial charge in [-0.15, -0.1) is 0 Å². The maximum absolute atomic E-state index is 10.8. The summed E-state index contributed by atoms with van der Waals surface area (Å²) < 4.78 is 10.6. The molecular formula is C13H12BrNO5. The predicted molar refractivity (Wildman–Crippen MR) is 74.3 cm³/mol. The molecule has 0 amide bonds. The fourth-order valence-corrected chi connectivity index (χ4v) is 2.39. The Balaban J connectivity index is 2.72. The molecule has 0 bridgehead atoms. The predicted octanol–water partition coefficient (Wildman–Crippen LogP) is 3.13. The second-order valence-corrected chi connectivity index (χ2v) is 5.00. The molecule has 0 radical (unpaired) electrons. The number of phenols is 1.